The fourth-order valence-electron chi connectivity index (χ4n) is 3.96. The molecule has 0 atom stereocenters. The molecule has 4 rings (SSSR count). The molecule has 0 heterocycles. The molecule has 0 aliphatic rings. The molecule has 146 valence electrons. The Balaban J connectivity index is 0.00000240. The van der Waals surface area contributed by atoms with Crippen molar-refractivity contribution in [2.45, 2.75) is 6.92 Å². The van der Waals surface area contributed by atoms with Crippen LogP contribution in [0.15, 0.2) is 121 Å². The Hall–Kier alpha value is -2.41. The molecule has 0 radical (unpaired) electrons. The summed E-state index contributed by atoms with van der Waals surface area (Å²) in [5, 5.41) is 4.12. The van der Waals surface area contributed by atoms with E-state index in [4.69, 9.17) is 0 Å². The van der Waals surface area contributed by atoms with Crippen LogP contribution < -0.4 is 37.6 Å². The summed E-state index contributed by atoms with van der Waals surface area (Å²) >= 11 is 0. The molecule has 0 saturated carbocycles. The lowest BCUT2D eigenvalue weighted by atomic mass is 10.3. The highest BCUT2D eigenvalue weighted by molar-refractivity contribution is 7.96. The van der Waals surface area contributed by atoms with E-state index in [1.165, 1.54) is 21.6 Å². The van der Waals surface area contributed by atoms with Gasteiger partial charge in [0, 0.05) is 0 Å². The summed E-state index contributed by atoms with van der Waals surface area (Å²) in [6.07, 6.45) is 0. The first-order valence-corrected chi connectivity index (χ1v) is 11.5. The maximum absolute atomic E-state index is 2.62. The molecule has 3 heteroatoms. The second kappa shape index (κ2) is 9.87. The van der Waals surface area contributed by atoms with E-state index in [2.05, 4.69) is 133 Å². The third-order valence-electron chi connectivity index (χ3n) is 5.11. The van der Waals surface area contributed by atoms with Crippen molar-refractivity contribution < 1.29 is 17.0 Å². The van der Waals surface area contributed by atoms with Crippen molar-refractivity contribution in [3.63, 3.8) is 0 Å². The number of anilines is 1. The summed E-state index contributed by atoms with van der Waals surface area (Å²) in [5.74, 6) is 0. The zero-order valence-corrected chi connectivity index (χ0v) is 19.0. The van der Waals surface area contributed by atoms with E-state index in [0.29, 0.717) is 0 Å². The smallest absolute Gasteiger partial charge is 0.202 e. The van der Waals surface area contributed by atoms with Gasteiger partial charge in [0.25, 0.3) is 0 Å². The van der Waals surface area contributed by atoms with E-state index in [-0.39, 0.29) is 17.0 Å². The Morgan fingerprint density at radius 1 is 0.517 bits per heavy atom. The monoisotopic (exact) mass is 461 g/mol. The number of para-hydroxylation sites is 1. The standard InChI is InChI=1S/C26H25NP.BrH/c1-2-27(23-15-7-3-8-16-23)28(24-17-9-4-10-18-24,25-19-11-5-12-20-25)26-21-13-6-14-22-26;/h3-22H,2H2,1H3;1H/q+1;/p-1. The molecule has 0 spiro atoms. The minimum atomic E-state index is -2.05. The number of hydrogen-bond donors (Lipinski definition) is 0. The molecule has 29 heavy (non-hydrogen) atoms. The second-order valence-electron chi connectivity index (χ2n) is 6.69. The van der Waals surface area contributed by atoms with Crippen LogP contribution in [0.3, 0.4) is 0 Å². The van der Waals surface area contributed by atoms with Gasteiger partial charge in [-0.1, -0.05) is 72.8 Å². The molecule has 1 nitrogen and oxygen atoms in total. The average molecular weight is 462 g/mol. The zero-order chi connectivity index (χ0) is 19.2. The van der Waals surface area contributed by atoms with Crippen molar-refractivity contribution in [2.24, 2.45) is 0 Å². The lowest BCUT2D eigenvalue weighted by molar-refractivity contribution is -0.00000542. The number of rotatable bonds is 6. The lowest BCUT2D eigenvalue weighted by Gasteiger charge is -2.37. The van der Waals surface area contributed by atoms with Crippen molar-refractivity contribution in [1.82, 2.24) is 0 Å². The van der Waals surface area contributed by atoms with Crippen LogP contribution in [-0.2, 0) is 0 Å². The molecule has 0 saturated heterocycles. The van der Waals surface area contributed by atoms with Gasteiger partial charge in [-0.25, -0.2) is 4.67 Å². The van der Waals surface area contributed by atoms with Crippen LogP contribution in [0.2, 0.25) is 0 Å². The summed E-state index contributed by atoms with van der Waals surface area (Å²) < 4.78 is 2.62. The molecule has 0 unspecified atom stereocenters. The van der Waals surface area contributed by atoms with Gasteiger partial charge in [-0.3, -0.25) is 0 Å². The van der Waals surface area contributed by atoms with Crippen molar-refractivity contribution in [2.75, 3.05) is 11.2 Å². The second-order valence-corrected chi connectivity index (χ2v) is 10.00. The van der Waals surface area contributed by atoms with Gasteiger partial charge in [-0.15, -0.1) is 0 Å². The van der Waals surface area contributed by atoms with Gasteiger partial charge in [0.1, 0.15) is 15.9 Å². The Morgan fingerprint density at radius 3 is 1.14 bits per heavy atom. The van der Waals surface area contributed by atoms with Crippen LogP contribution in [0, 0.1) is 0 Å². The van der Waals surface area contributed by atoms with Crippen LogP contribution >= 0.6 is 7.41 Å². The Bertz CT molecular complexity index is 895. The van der Waals surface area contributed by atoms with E-state index < -0.39 is 7.41 Å². The van der Waals surface area contributed by atoms with Crippen molar-refractivity contribution in [1.29, 1.82) is 0 Å². The van der Waals surface area contributed by atoms with Crippen LogP contribution in [0.4, 0.5) is 5.69 Å². The molecule has 4 aromatic carbocycles. The first-order chi connectivity index (χ1) is 13.9. The molecule has 0 aromatic heterocycles. The van der Waals surface area contributed by atoms with Gasteiger partial charge in [0.15, 0.2) is 0 Å². The Morgan fingerprint density at radius 2 is 0.828 bits per heavy atom. The summed E-state index contributed by atoms with van der Waals surface area (Å²) in [6.45, 7) is 3.19. The topological polar surface area (TPSA) is 3.24 Å². The minimum absolute atomic E-state index is 0. The molecule has 0 N–H and O–H groups in total. The number of nitrogens with zero attached hydrogens (tertiary/aromatic N) is 1. The summed E-state index contributed by atoms with van der Waals surface area (Å²) in [6, 6.07) is 43.8. The molecule has 0 aliphatic heterocycles. The highest BCUT2D eigenvalue weighted by atomic mass is 79.9. The number of halogens is 1. The number of benzene rings is 4. The first-order valence-electron chi connectivity index (χ1n) is 9.76. The predicted molar refractivity (Wildman–Crippen MR) is 125 cm³/mol. The van der Waals surface area contributed by atoms with E-state index >= 15 is 0 Å². The van der Waals surface area contributed by atoms with Crippen molar-refractivity contribution in [3.8, 4) is 0 Å². The SMILES string of the molecule is CCN(c1ccccc1)[P+](c1ccccc1)(c1ccccc1)c1ccccc1.[Br-]. The quantitative estimate of drug-likeness (QED) is 0.398. The molecule has 4 aromatic rings. The van der Waals surface area contributed by atoms with Crippen LogP contribution in [0.5, 0.6) is 0 Å². The summed E-state index contributed by atoms with van der Waals surface area (Å²) in [7, 11) is -2.05. The normalized spacial score (nSPS) is 10.8. The van der Waals surface area contributed by atoms with E-state index in [1.807, 2.05) is 0 Å². The molecule has 0 amide bonds. The summed E-state index contributed by atoms with van der Waals surface area (Å²) in [5.41, 5.74) is 1.26. The predicted octanol–water partition coefficient (Wildman–Crippen LogP) is 2.43. The molecule has 0 fully saturated rings. The van der Waals surface area contributed by atoms with Crippen molar-refractivity contribution in [3.05, 3.63) is 121 Å². The molecule has 0 bridgehead atoms. The fraction of sp³-hybridized carbons (Fsp3) is 0.0769. The lowest BCUT2D eigenvalue weighted by Crippen LogP contribution is -3.00. The minimum Gasteiger partial charge on any atom is -1.00 e. The van der Waals surface area contributed by atoms with Gasteiger partial charge < -0.3 is 17.0 Å². The fourth-order valence-corrected chi connectivity index (χ4v) is 8.41. The molecular formula is C26H25BrNP. The average Bonchev–Trinajstić information content (AvgIpc) is 2.80. The Kier molecular flexibility index (Phi) is 7.25. The first kappa shape index (κ1) is 21.3. The van der Waals surface area contributed by atoms with E-state index in [1.54, 1.807) is 0 Å². The van der Waals surface area contributed by atoms with Gasteiger partial charge in [0.05, 0.1) is 12.2 Å². The van der Waals surface area contributed by atoms with Gasteiger partial charge in [-0.05, 0) is 55.5 Å². The van der Waals surface area contributed by atoms with Gasteiger partial charge in [0.2, 0.25) is 7.41 Å². The van der Waals surface area contributed by atoms with Gasteiger partial charge in [-0.2, -0.15) is 0 Å². The highest BCUT2D eigenvalue weighted by Gasteiger charge is 2.51. The highest BCUT2D eigenvalue weighted by Crippen LogP contribution is 2.59. The third-order valence-corrected chi connectivity index (χ3v) is 9.48. The zero-order valence-electron chi connectivity index (χ0n) is 16.5. The van der Waals surface area contributed by atoms with E-state index in [9.17, 15) is 0 Å². The summed E-state index contributed by atoms with van der Waals surface area (Å²) in [4.78, 5) is 0. The molecule has 0 aliphatic carbocycles. The van der Waals surface area contributed by atoms with Crippen LogP contribution in [0.25, 0.3) is 0 Å². The molecular weight excluding hydrogens is 437 g/mol. The van der Waals surface area contributed by atoms with Crippen LogP contribution in [-0.4, -0.2) is 6.54 Å². The van der Waals surface area contributed by atoms with Gasteiger partial charge >= 0.3 is 0 Å². The Labute approximate surface area is 185 Å². The van der Waals surface area contributed by atoms with E-state index in [0.717, 1.165) is 6.54 Å². The number of hydrogen-bond acceptors (Lipinski definition) is 1. The van der Waals surface area contributed by atoms with Crippen LogP contribution in [0.1, 0.15) is 6.92 Å². The largest absolute Gasteiger partial charge is 1.00 e. The van der Waals surface area contributed by atoms with Crippen molar-refractivity contribution >= 4 is 29.0 Å². The third kappa shape index (κ3) is 4.01. The maximum Gasteiger partial charge on any atom is 0.202 e. The maximum atomic E-state index is 2.62.